The predicted octanol–water partition coefficient (Wildman–Crippen LogP) is 1.12. The van der Waals surface area contributed by atoms with E-state index in [-0.39, 0.29) is 29.9 Å². The van der Waals surface area contributed by atoms with Gasteiger partial charge >= 0.3 is 0 Å². The summed E-state index contributed by atoms with van der Waals surface area (Å²) in [4.78, 5) is 14.4. The molecule has 1 saturated carbocycles. The smallest absolute Gasteiger partial charge is 0.225 e. The van der Waals surface area contributed by atoms with Gasteiger partial charge in [0, 0.05) is 31.0 Å². The summed E-state index contributed by atoms with van der Waals surface area (Å²) in [6.45, 7) is 3.14. The van der Waals surface area contributed by atoms with Gasteiger partial charge in [0.15, 0.2) is 0 Å². The molecule has 104 valence electrons. The van der Waals surface area contributed by atoms with Gasteiger partial charge in [-0.05, 0) is 26.2 Å². The Bertz CT molecular complexity index is 288. The highest BCUT2D eigenvalue weighted by atomic mass is 16.3. The van der Waals surface area contributed by atoms with Crippen LogP contribution in [-0.4, -0.2) is 41.1 Å². The Kier molecular flexibility index (Phi) is 4.62. The number of nitrogens with zero attached hydrogens (tertiary/aromatic N) is 1. The zero-order chi connectivity index (χ0) is 13.1. The third kappa shape index (κ3) is 3.23. The number of carbonyl (C=O) groups is 1. The molecule has 0 aromatic rings. The standard InChI is InChI=1S/C14H26N2O2/c1-10(17)12-7-13(15)9-16(8-12)14(18)11-5-3-2-4-6-11/h10-13,17H,2-9,15H2,1H3. The molecule has 4 nitrogen and oxygen atoms in total. The molecule has 4 heteroatoms. The predicted molar refractivity (Wildman–Crippen MR) is 70.9 cm³/mol. The summed E-state index contributed by atoms with van der Waals surface area (Å²) in [6, 6.07) is 0.0193. The molecule has 3 unspecified atom stereocenters. The highest BCUT2D eigenvalue weighted by Gasteiger charge is 2.33. The van der Waals surface area contributed by atoms with Crippen LogP contribution in [0.3, 0.4) is 0 Å². The summed E-state index contributed by atoms with van der Waals surface area (Å²) in [5.41, 5.74) is 6.02. The molecule has 0 aromatic carbocycles. The molecular weight excluding hydrogens is 228 g/mol. The van der Waals surface area contributed by atoms with E-state index < -0.39 is 0 Å². The van der Waals surface area contributed by atoms with E-state index in [9.17, 15) is 9.90 Å². The van der Waals surface area contributed by atoms with Gasteiger partial charge in [-0.3, -0.25) is 4.79 Å². The van der Waals surface area contributed by atoms with Crippen LogP contribution in [0.5, 0.6) is 0 Å². The molecule has 0 bridgehead atoms. The highest BCUT2D eigenvalue weighted by molar-refractivity contribution is 5.79. The first-order valence-electron chi connectivity index (χ1n) is 7.30. The maximum absolute atomic E-state index is 12.5. The van der Waals surface area contributed by atoms with Gasteiger partial charge in [-0.2, -0.15) is 0 Å². The molecule has 3 N–H and O–H groups in total. The number of carbonyl (C=O) groups excluding carboxylic acids is 1. The van der Waals surface area contributed by atoms with Gasteiger partial charge in [0.25, 0.3) is 0 Å². The molecule has 1 saturated heterocycles. The molecule has 1 amide bonds. The van der Waals surface area contributed by atoms with Crippen molar-refractivity contribution < 1.29 is 9.90 Å². The SMILES string of the molecule is CC(O)C1CC(N)CN(C(=O)C2CCCCC2)C1. The van der Waals surface area contributed by atoms with Gasteiger partial charge in [-0.25, -0.2) is 0 Å². The van der Waals surface area contributed by atoms with Gasteiger partial charge in [0.1, 0.15) is 0 Å². The molecule has 1 heterocycles. The van der Waals surface area contributed by atoms with Crippen LogP contribution < -0.4 is 5.73 Å². The number of amides is 1. The van der Waals surface area contributed by atoms with Crippen LogP contribution in [0, 0.1) is 11.8 Å². The van der Waals surface area contributed by atoms with Gasteiger partial charge in [0.05, 0.1) is 6.10 Å². The third-order valence-electron chi connectivity index (χ3n) is 4.46. The number of nitrogens with two attached hydrogens (primary N) is 1. The molecule has 1 aliphatic heterocycles. The number of aliphatic hydroxyl groups excluding tert-OH is 1. The van der Waals surface area contributed by atoms with Crippen LogP contribution in [0.15, 0.2) is 0 Å². The van der Waals surface area contributed by atoms with E-state index in [2.05, 4.69) is 0 Å². The fourth-order valence-corrected chi connectivity index (χ4v) is 3.32. The molecule has 3 atom stereocenters. The maximum atomic E-state index is 12.5. The fourth-order valence-electron chi connectivity index (χ4n) is 3.32. The second-order valence-corrected chi connectivity index (χ2v) is 6.07. The Morgan fingerprint density at radius 1 is 1.28 bits per heavy atom. The first-order valence-corrected chi connectivity index (χ1v) is 7.30. The summed E-state index contributed by atoms with van der Waals surface area (Å²) in [5, 5.41) is 9.71. The summed E-state index contributed by atoms with van der Waals surface area (Å²) < 4.78 is 0. The van der Waals surface area contributed by atoms with E-state index in [0.29, 0.717) is 13.1 Å². The Morgan fingerprint density at radius 2 is 1.94 bits per heavy atom. The Hall–Kier alpha value is -0.610. The molecule has 1 aliphatic carbocycles. The quantitative estimate of drug-likeness (QED) is 0.776. The van der Waals surface area contributed by atoms with E-state index >= 15 is 0 Å². The number of aliphatic hydroxyl groups is 1. The van der Waals surface area contributed by atoms with Crippen molar-refractivity contribution in [3.8, 4) is 0 Å². The lowest BCUT2D eigenvalue weighted by Crippen LogP contribution is -2.53. The number of likely N-dealkylation sites (tertiary alicyclic amines) is 1. The highest BCUT2D eigenvalue weighted by Crippen LogP contribution is 2.28. The molecular formula is C14H26N2O2. The fraction of sp³-hybridized carbons (Fsp3) is 0.929. The Labute approximate surface area is 110 Å². The maximum Gasteiger partial charge on any atom is 0.225 e. The molecule has 2 aliphatic rings. The third-order valence-corrected chi connectivity index (χ3v) is 4.46. The van der Waals surface area contributed by atoms with Crippen molar-refractivity contribution in [2.75, 3.05) is 13.1 Å². The second kappa shape index (κ2) is 6.02. The Balaban J connectivity index is 1.95. The van der Waals surface area contributed by atoms with E-state index in [1.807, 2.05) is 4.90 Å². The van der Waals surface area contributed by atoms with Crippen LogP contribution in [0.25, 0.3) is 0 Å². The minimum atomic E-state index is -0.377. The summed E-state index contributed by atoms with van der Waals surface area (Å²) in [5.74, 6) is 0.621. The zero-order valence-electron chi connectivity index (χ0n) is 11.3. The second-order valence-electron chi connectivity index (χ2n) is 6.07. The van der Waals surface area contributed by atoms with E-state index in [4.69, 9.17) is 5.73 Å². The van der Waals surface area contributed by atoms with Crippen LogP contribution >= 0.6 is 0 Å². The van der Waals surface area contributed by atoms with Crippen molar-refractivity contribution in [3.05, 3.63) is 0 Å². The average Bonchev–Trinajstić information content (AvgIpc) is 2.38. The van der Waals surface area contributed by atoms with Crippen molar-refractivity contribution in [2.45, 2.75) is 57.6 Å². The van der Waals surface area contributed by atoms with Crippen molar-refractivity contribution in [3.63, 3.8) is 0 Å². The van der Waals surface area contributed by atoms with Crippen molar-refractivity contribution in [1.29, 1.82) is 0 Å². The van der Waals surface area contributed by atoms with Gasteiger partial charge < -0.3 is 15.7 Å². The monoisotopic (exact) mass is 254 g/mol. The average molecular weight is 254 g/mol. The van der Waals surface area contributed by atoms with E-state index in [1.165, 1.54) is 19.3 Å². The van der Waals surface area contributed by atoms with Crippen molar-refractivity contribution in [2.24, 2.45) is 17.6 Å². The van der Waals surface area contributed by atoms with Gasteiger partial charge in [-0.15, -0.1) is 0 Å². The number of rotatable bonds is 2. The molecule has 18 heavy (non-hydrogen) atoms. The molecule has 0 aromatic heterocycles. The zero-order valence-corrected chi connectivity index (χ0v) is 11.3. The lowest BCUT2D eigenvalue weighted by molar-refractivity contribution is -0.139. The summed E-state index contributed by atoms with van der Waals surface area (Å²) >= 11 is 0. The minimum Gasteiger partial charge on any atom is -0.393 e. The van der Waals surface area contributed by atoms with Crippen molar-refractivity contribution in [1.82, 2.24) is 4.90 Å². The first-order chi connectivity index (χ1) is 8.58. The van der Waals surface area contributed by atoms with Crippen LogP contribution in [0.1, 0.15) is 45.4 Å². The number of hydrogen-bond acceptors (Lipinski definition) is 3. The number of hydrogen-bond donors (Lipinski definition) is 2. The molecule has 2 fully saturated rings. The Morgan fingerprint density at radius 3 is 2.56 bits per heavy atom. The lowest BCUT2D eigenvalue weighted by Gasteiger charge is -2.39. The van der Waals surface area contributed by atoms with Gasteiger partial charge in [0.2, 0.25) is 5.91 Å². The molecule has 0 spiro atoms. The van der Waals surface area contributed by atoms with E-state index in [1.54, 1.807) is 6.92 Å². The minimum absolute atomic E-state index is 0.0193. The van der Waals surface area contributed by atoms with Crippen LogP contribution in [-0.2, 0) is 4.79 Å². The summed E-state index contributed by atoms with van der Waals surface area (Å²) in [7, 11) is 0. The summed E-state index contributed by atoms with van der Waals surface area (Å²) in [6.07, 6.45) is 6.13. The largest absolute Gasteiger partial charge is 0.393 e. The van der Waals surface area contributed by atoms with Crippen molar-refractivity contribution >= 4 is 5.91 Å². The van der Waals surface area contributed by atoms with Crippen LogP contribution in [0.2, 0.25) is 0 Å². The van der Waals surface area contributed by atoms with Crippen LogP contribution in [0.4, 0.5) is 0 Å². The lowest BCUT2D eigenvalue weighted by atomic mass is 9.86. The van der Waals surface area contributed by atoms with E-state index in [0.717, 1.165) is 19.3 Å². The van der Waals surface area contributed by atoms with Gasteiger partial charge in [-0.1, -0.05) is 19.3 Å². The molecule has 0 radical (unpaired) electrons. The first kappa shape index (κ1) is 13.8. The molecule has 2 rings (SSSR count). The number of piperidine rings is 1. The topological polar surface area (TPSA) is 66.6 Å². The normalized spacial score (nSPS) is 32.3.